The normalized spacial score (nSPS) is 13.1. The molecule has 0 N–H and O–H groups in total. The van der Waals surface area contributed by atoms with Crippen LogP contribution in [-0.4, -0.2) is 0 Å². The van der Waals surface area contributed by atoms with Crippen molar-refractivity contribution in [2.24, 2.45) is 0 Å². The van der Waals surface area contributed by atoms with E-state index in [0.29, 0.717) is 0 Å². The molecule has 1 heteroatoms. The average molecular weight is 830 g/mol. The summed E-state index contributed by atoms with van der Waals surface area (Å²) in [6.45, 7) is 6.79. The zero-order chi connectivity index (χ0) is 43.7. The van der Waals surface area contributed by atoms with E-state index in [-0.39, 0.29) is 0 Å². The molecule has 0 aliphatic heterocycles. The Morgan fingerprint density at radius 3 is 1.71 bits per heavy atom. The van der Waals surface area contributed by atoms with E-state index in [9.17, 15) is 0 Å². The molecule has 1 nitrogen and oxygen atoms in total. The van der Waals surface area contributed by atoms with Crippen LogP contribution in [0.2, 0.25) is 0 Å². The zero-order valence-corrected chi connectivity index (χ0v) is 36.4. The Hall–Kier alpha value is -8.26. The molecule has 0 unspecified atom stereocenters. The Balaban J connectivity index is 1.23. The first-order valence-corrected chi connectivity index (χ1v) is 22.5. The van der Waals surface area contributed by atoms with Gasteiger partial charge in [0.15, 0.2) is 0 Å². The van der Waals surface area contributed by atoms with E-state index in [1.54, 1.807) is 0 Å². The second kappa shape index (κ2) is 16.8. The Bertz CT molecular complexity index is 3400. The van der Waals surface area contributed by atoms with Gasteiger partial charge in [0, 0.05) is 16.8 Å². The molecular formula is C64H47N. The molecule has 10 aromatic carbocycles. The largest absolute Gasteiger partial charge is 0.309 e. The van der Waals surface area contributed by atoms with Gasteiger partial charge in [0.1, 0.15) is 0 Å². The first-order chi connectivity index (χ1) is 32.1. The Morgan fingerprint density at radius 1 is 0.431 bits per heavy atom. The third kappa shape index (κ3) is 6.72. The van der Waals surface area contributed by atoms with Gasteiger partial charge in [-0.15, -0.1) is 0 Å². The van der Waals surface area contributed by atoms with Crippen molar-refractivity contribution < 1.29 is 0 Å². The second-order valence-electron chi connectivity index (χ2n) is 16.9. The number of benzene rings is 10. The summed E-state index contributed by atoms with van der Waals surface area (Å²) in [4.78, 5) is 2.47. The van der Waals surface area contributed by atoms with Crippen LogP contribution >= 0.6 is 0 Å². The summed E-state index contributed by atoms with van der Waals surface area (Å²) in [6.07, 6.45) is 6.54. The minimum absolute atomic E-state index is 0.563. The molecule has 10 aromatic rings. The van der Waals surface area contributed by atoms with Crippen LogP contribution in [0.5, 0.6) is 0 Å². The first kappa shape index (κ1) is 39.6. The highest BCUT2D eigenvalue weighted by atomic mass is 15.2. The van der Waals surface area contributed by atoms with Crippen molar-refractivity contribution >= 4 is 38.5 Å². The summed E-state index contributed by atoms with van der Waals surface area (Å²) < 4.78 is 0. The lowest BCUT2D eigenvalue weighted by Gasteiger charge is -2.35. The number of rotatable bonds is 10. The molecule has 0 saturated carbocycles. The molecule has 0 amide bonds. The molecule has 0 fully saturated rings. The van der Waals surface area contributed by atoms with Crippen molar-refractivity contribution in [3.63, 3.8) is 0 Å². The van der Waals surface area contributed by atoms with Gasteiger partial charge in [-0.05, 0) is 108 Å². The van der Waals surface area contributed by atoms with E-state index in [0.717, 1.165) is 33.8 Å². The number of anilines is 2. The predicted octanol–water partition coefficient (Wildman–Crippen LogP) is 17.0. The fourth-order valence-electron chi connectivity index (χ4n) is 10.4. The maximum absolute atomic E-state index is 4.58. The number of nitrogens with zero attached hydrogens (tertiary/aromatic N) is 1. The third-order valence-electron chi connectivity index (χ3n) is 13.3. The van der Waals surface area contributed by atoms with Crippen LogP contribution in [0.1, 0.15) is 34.7 Å². The highest BCUT2D eigenvalue weighted by Crippen LogP contribution is 2.59. The fourth-order valence-corrected chi connectivity index (χ4v) is 10.4. The number of allylic oxidation sites excluding steroid dienone is 4. The van der Waals surface area contributed by atoms with Crippen molar-refractivity contribution in [2.75, 3.05) is 4.90 Å². The van der Waals surface area contributed by atoms with E-state index in [1.807, 2.05) is 6.08 Å². The van der Waals surface area contributed by atoms with Gasteiger partial charge in [0.25, 0.3) is 0 Å². The van der Waals surface area contributed by atoms with E-state index >= 15 is 0 Å². The summed E-state index contributed by atoms with van der Waals surface area (Å²) in [5.74, 6) is 0. The lowest BCUT2D eigenvalue weighted by Crippen LogP contribution is -2.28. The smallest absolute Gasteiger partial charge is 0.0714 e. The average Bonchev–Trinajstić information content (AvgIpc) is 3.69. The van der Waals surface area contributed by atoms with Crippen molar-refractivity contribution in [1.29, 1.82) is 0 Å². The fraction of sp³-hybridized carbons (Fsp3) is 0.0312. The molecule has 0 radical (unpaired) electrons. The first-order valence-electron chi connectivity index (χ1n) is 22.5. The molecule has 1 aliphatic rings. The molecule has 1 aliphatic carbocycles. The second-order valence-corrected chi connectivity index (χ2v) is 16.9. The minimum Gasteiger partial charge on any atom is -0.309 e. The van der Waals surface area contributed by atoms with Gasteiger partial charge >= 0.3 is 0 Å². The van der Waals surface area contributed by atoms with Crippen LogP contribution < -0.4 is 4.90 Å². The molecule has 11 rings (SSSR count). The number of hydrogen-bond donors (Lipinski definition) is 0. The molecule has 0 spiro atoms. The standard InChI is InChI=1S/C64H47N/c1-3-52(42-40-45(2)53-35-19-26-46-24-13-15-32-54(46)53)65(62-44-49(41-43-57(62)48-22-7-4-8-23-48)56-36-20-27-47-25-14-16-33-55(47)56)61-39-21-38-60-63(61)58-34-17-18-37-59(58)64(60,50-28-9-5-10-29-50)51-30-11-6-12-31-51/h3-44H,1H2,2H3/b45-40+,52-42+. The number of fused-ring (bicyclic) bond motifs is 5. The van der Waals surface area contributed by atoms with Crippen LogP contribution in [0.15, 0.2) is 267 Å². The Kier molecular flexibility index (Phi) is 10.2. The molecule has 0 saturated heterocycles. The predicted molar refractivity (Wildman–Crippen MR) is 277 cm³/mol. The van der Waals surface area contributed by atoms with E-state index in [1.165, 1.54) is 71.6 Å². The zero-order valence-electron chi connectivity index (χ0n) is 36.4. The molecule has 0 bridgehead atoms. The van der Waals surface area contributed by atoms with E-state index in [2.05, 4.69) is 267 Å². The molecule has 0 aromatic heterocycles. The monoisotopic (exact) mass is 829 g/mol. The maximum atomic E-state index is 4.58. The quantitative estimate of drug-likeness (QED) is 0.124. The number of hydrogen-bond acceptors (Lipinski definition) is 1. The molecule has 0 atom stereocenters. The van der Waals surface area contributed by atoms with E-state index < -0.39 is 5.41 Å². The summed E-state index contributed by atoms with van der Waals surface area (Å²) in [7, 11) is 0. The molecular weight excluding hydrogens is 783 g/mol. The summed E-state index contributed by atoms with van der Waals surface area (Å²) in [6, 6.07) is 86.3. The highest BCUT2D eigenvalue weighted by Gasteiger charge is 2.47. The van der Waals surface area contributed by atoms with Gasteiger partial charge in [-0.2, -0.15) is 0 Å². The van der Waals surface area contributed by atoms with Gasteiger partial charge in [-0.1, -0.05) is 237 Å². The summed E-state index contributed by atoms with van der Waals surface area (Å²) in [5, 5.41) is 4.90. The third-order valence-corrected chi connectivity index (χ3v) is 13.3. The summed E-state index contributed by atoms with van der Waals surface area (Å²) in [5.41, 5.74) is 16.9. The maximum Gasteiger partial charge on any atom is 0.0714 e. The van der Waals surface area contributed by atoms with Crippen LogP contribution in [0.4, 0.5) is 11.4 Å². The van der Waals surface area contributed by atoms with Gasteiger partial charge in [0.05, 0.1) is 16.8 Å². The molecule has 0 heterocycles. The Labute approximate surface area is 382 Å². The van der Waals surface area contributed by atoms with Crippen LogP contribution in [-0.2, 0) is 5.41 Å². The Morgan fingerprint density at radius 2 is 0.985 bits per heavy atom. The van der Waals surface area contributed by atoms with Crippen LogP contribution in [0.3, 0.4) is 0 Å². The summed E-state index contributed by atoms with van der Waals surface area (Å²) >= 11 is 0. The van der Waals surface area contributed by atoms with Gasteiger partial charge < -0.3 is 4.90 Å². The lowest BCUT2D eigenvalue weighted by molar-refractivity contribution is 0.768. The SMILES string of the molecule is C=C/C(=C\C=C(/C)c1cccc2ccccc12)N(c1cc(-c2cccc3ccccc23)ccc1-c1ccccc1)c1cccc2c1-c1ccccc1C2(c1ccccc1)c1ccccc1. The molecule has 65 heavy (non-hydrogen) atoms. The van der Waals surface area contributed by atoms with Crippen molar-refractivity contribution in [3.8, 4) is 33.4 Å². The van der Waals surface area contributed by atoms with Crippen molar-refractivity contribution in [3.05, 3.63) is 295 Å². The minimum atomic E-state index is -0.563. The van der Waals surface area contributed by atoms with Crippen molar-refractivity contribution in [2.45, 2.75) is 12.3 Å². The van der Waals surface area contributed by atoms with E-state index in [4.69, 9.17) is 0 Å². The lowest BCUT2D eigenvalue weighted by atomic mass is 9.68. The van der Waals surface area contributed by atoms with Crippen LogP contribution in [0.25, 0.3) is 60.5 Å². The topological polar surface area (TPSA) is 3.24 Å². The van der Waals surface area contributed by atoms with Gasteiger partial charge in [0.2, 0.25) is 0 Å². The van der Waals surface area contributed by atoms with Gasteiger partial charge in [-0.25, -0.2) is 0 Å². The highest BCUT2D eigenvalue weighted by molar-refractivity contribution is 6.02. The van der Waals surface area contributed by atoms with Crippen molar-refractivity contribution in [1.82, 2.24) is 0 Å². The van der Waals surface area contributed by atoms with Crippen LogP contribution in [0, 0.1) is 0 Å². The molecule has 308 valence electrons. The van der Waals surface area contributed by atoms with Gasteiger partial charge in [-0.3, -0.25) is 0 Å².